The highest BCUT2D eigenvalue weighted by Gasteiger charge is 2.09. The first-order valence-electron chi connectivity index (χ1n) is 8.08. The number of hydrogen-bond acceptors (Lipinski definition) is 2. The predicted molar refractivity (Wildman–Crippen MR) is 90.8 cm³/mol. The standard InChI is InChI=1S/C20H23NO/c1-2-3-4-5-10-15-22-20-14-9-8-13-19(20)18-12-7-6-11-17(18)16-21/h6-9,11-14H,2-5,10,15H2,1H3. The van der Waals surface area contributed by atoms with Crippen LogP contribution in [0.5, 0.6) is 5.75 Å². The summed E-state index contributed by atoms with van der Waals surface area (Å²) in [6.45, 7) is 2.95. The second kappa shape index (κ2) is 8.89. The van der Waals surface area contributed by atoms with E-state index in [4.69, 9.17) is 4.74 Å². The lowest BCUT2D eigenvalue weighted by Crippen LogP contribution is -1.99. The van der Waals surface area contributed by atoms with Crippen molar-refractivity contribution in [2.24, 2.45) is 0 Å². The Bertz CT molecular complexity index is 628. The summed E-state index contributed by atoms with van der Waals surface area (Å²) in [5, 5.41) is 9.28. The SMILES string of the molecule is CCCCCCCOc1ccccc1-c1ccccc1C#N. The smallest absolute Gasteiger partial charge is 0.127 e. The Kier molecular flexibility index (Phi) is 6.51. The number of hydrogen-bond donors (Lipinski definition) is 0. The highest BCUT2D eigenvalue weighted by atomic mass is 16.5. The van der Waals surface area contributed by atoms with Gasteiger partial charge in [-0.25, -0.2) is 0 Å². The van der Waals surface area contributed by atoms with Crippen LogP contribution in [0.15, 0.2) is 48.5 Å². The Labute approximate surface area is 133 Å². The van der Waals surface area contributed by atoms with E-state index in [1.54, 1.807) is 0 Å². The molecular weight excluding hydrogens is 270 g/mol. The lowest BCUT2D eigenvalue weighted by atomic mass is 9.99. The summed E-state index contributed by atoms with van der Waals surface area (Å²) in [6, 6.07) is 17.9. The zero-order valence-corrected chi connectivity index (χ0v) is 13.2. The lowest BCUT2D eigenvalue weighted by molar-refractivity contribution is 0.306. The van der Waals surface area contributed by atoms with E-state index >= 15 is 0 Å². The van der Waals surface area contributed by atoms with Crippen molar-refractivity contribution in [3.8, 4) is 22.9 Å². The number of unbranched alkanes of at least 4 members (excludes halogenated alkanes) is 4. The summed E-state index contributed by atoms with van der Waals surface area (Å²) < 4.78 is 5.96. The minimum atomic E-state index is 0.682. The molecule has 0 N–H and O–H groups in total. The zero-order valence-electron chi connectivity index (χ0n) is 13.2. The van der Waals surface area contributed by atoms with Gasteiger partial charge < -0.3 is 4.74 Å². The number of ether oxygens (including phenoxy) is 1. The van der Waals surface area contributed by atoms with Gasteiger partial charge in [0.05, 0.1) is 18.2 Å². The van der Waals surface area contributed by atoms with Crippen molar-refractivity contribution >= 4 is 0 Å². The molecule has 0 aromatic heterocycles. The fourth-order valence-electron chi connectivity index (χ4n) is 2.52. The van der Waals surface area contributed by atoms with Crippen molar-refractivity contribution in [1.82, 2.24) is 0 Å². The Balaban J connectivity index is 2.06. The average molecular weight is 293 g/mol. The van der Waals surface area contributed by atoms with Gasteiger partial charge in [-0.3, -0.25) is 0 Å². The summed E-state index contributed by atoms with van der Waals surface area (Å²) in [5.41, 5.74) is 2.61. The summed E-state index contributed by atoms with van der Waals surface area (Å²) in [4.78, 5) is 0. The second-order valence-electron chi connectivity index (χ2n) is 5.42. The largest absolute Gasteiger partial charge is 0.493 e. The molecule has 0 amide bonds. The molecule has 0 saturated heterocycles. The molecule has 2 aromatic rings. The minimum absolute atomic E-state index is 0.682. The van der Waals surface area contributed by atoms with E-state index in [0.29, 0.717) is 5.56 Å². The number of rotatable bonds is 8. The van der Waals surface area contributed by atoms with E-state index in [2.05, 4.69) is 13.0 Å². The second-order valence-corrected chi connectivity index (χ2v) is 5.42. The first kappa shape index (κ1) is 16.1. The van der Waals surface area contributed by atoms with Crippen LogP contribution in [0.2, 0.25) is 0 Å². The molecule has 114 valence electrons. The molecule has 0 radical (unpaired) electrons. The fraction of sp³-hybridized carbons (Fsp3) is 0.350. The van der Waals surface area contributed by atoms with Crippen LogP contribution in [0, 0.1) is 11.3 Å². The number of benzene rings is 2. The van der Waals surface area contributed by atoms with Crippen LogP contribution >= 0.6 is 0 Å². The van der Waals surface area contributed by atoms with Crippen molar-refractivity contribution in [3.63, 3.8) is 0 Å². The lowest BCUT2D eigenvalue weighted by Gasteiger charge is -2.12. The van der Waals surface area contributed by atoms with E-state index in [0.717, 1.165) is 29.9 Å². The van der Waals surface area contributed by atoms with E-state index in [1.165, 1.54) is 25.7 Å². The monoisotopic (exact) mass is 293 g/mol. The van der Waals surface area contributed by atoms with Crippen LogP contribution in [-0.2, 0) is 0 Å². The Hall–Kier alpha value is -2.27. The van der Waals surface area contributed by atoms with Gasteiger partial charge in [0.2, 0.25) is 0 Å². The molecule has 0 aliphatic rings. The zero-order chi connectivity index (χ0) is 15.6. The molecule has 0 spiro atoms. The predicted octanol–water partition coefficient (Wildman–Crippen LogP) is 5.57. The van der Waals surface area contributed by atoms with E-state index in [-0.39, 0.29) is 0 Å². The van der Waals surface area contributed by atoms with Crippen LogP contribution in [0.25, 0.3) is 11.1 Å². The van der Waals surface area contributed by atoms with E-state index in [1.807, 2.05) is 48.5 Å². The van der Waals surface area contributed by atoms with Gasteiger partial charge in [-0.1, -0.05) is 69.0 Å². The molecule has 0 bridgehead atoms. The van der Waals surface area contributed by atoms with E-state index < -0.39 is 0 Å². The van der Waals surface area contributed by atoms with Gasteiger partial charge in [-0.2, -0.15) is 5.26 Å². The quantitative estimate of drug-likeness (QED) is 0.596. The van der Waals surface area contributed by atoms with Gasteiger partial charge in [0.1, 0.15) is 5.75 Å². The summed E-state index contributed by atoms with van der Waals surface area (Å²) in [6.07, 6.45) is 6.12. The summed E-state index contributed by atoms with van der Waals surface area (Å²) in [5.74, 6) is 0.862. The maximum atomic E-state index is 9.28. The number of nitriles is 1. The van der Waals surface area contributed by atoms with Gasteiger partial charge in [0, 0.05) is 11.1 Å². The van der Waals surface area contributed by atoms with Gasteiger partial charge in [-0.05, 0) is 18.6 Å². The minimum Gasteiger partial charge on any atom is -0.493 e. The van der Waals surface area contributed by atoms with Gasteiger partial charge in [-0.15, -0.1) is 0 Å². The topological polar surface area (TPSA) is 33.0 Å². The van der Waals surface area contributed by atoms with Crippen molar-refractivity contribution in [2.75, 3.05) is 6.61 Å². The summed E-state index contributed by atoms with van der Waals surface area (Å²) in [7, 11) is 0. The van der Waals surface area contributed by atoms with E-state index in [9.17, 15) is 5.26 Å². The van der Waals surface area contributed by atoms with Crippen LogP contribution in [0.3, 0.4) is 0 Å². The molecule has 22 heavy (non-hydrogen) atoms. The molecule has 0 atom stereocenters. The molecule has 0 unspecified atom stereocenters. The van der Waals surface area contributed by atoms with Crippen LogP contribution in [0.4, 0.5) is 0 Å². The number of nitrogens with zero attached hydrogens (tertiary/aromatic N) is 1. The Morgan fingerprint density at radius 3 is 2.32 bits per heavy atom. The average Bonchev–Trinajstić information content (AvgIpc) is 2.58. The Morgan fingerprint density at radius 1 is 0.864 bits per heavy atom. The fourth-order valence-corrected chi connectivity index (χ4v) is 2.52. The first-order chi connectivity index (χ1) is 10.9. The molecule has 2 aromatic carbocycles. The molecule has 2 rings (SSSR count). The third-order valence-corrected chi connectivity index (χ3v) is 3.73. The molecule has 0 aliphatic carbocycles. The van der Waals surface area contributed by atoms with Crippen molar-refractivity contribution < 1.29 is 4.74 Å². The third-order valence-electron chi connectivity index (χ3n) is 3.73. The summed E-state index contributed by atoms with van der Waals surface area (Å²) >= 11 is 0. The normalized spacial score (nSPS) is 10.2. The van der Waals surface area contributed by atoms with Crippen LogP contribution in [0.1, 0.15) is 44.6 Å². The van der Waals surface area contributed by atoms with Crippen molar-refractivity contribution in [3.05, 3.63) is 54.1 Å². The molecular formula is C20H23NO. The van der Waals surface area contributed by atoms with Crippen LogP contribution in [-0.4, -0.2) is 6.61 Å². The van der Waals surface area contributed by atoms with Gasteiger partial charge >= 0.3 is 0 Å². The maximum Gasteiger partial charge on any atom is 0.127 e. The third kappa shape index (κ3) is 4.36. The molecule has 0 saturated carbocycles. The molecule has 2 nitrogen and oxygen atoms in total. The van der Waals surface area contributed by atoms with Gasteiger partial charge in [0.25, 0.3) is 0 Å². The molecule has 0 fully saturated rings. The van der Waals surface area contributed by atoms with Crippen LogP contribution < -0.4 is 4.74 Å². The first-order valence-corrected chi connectivity index (χ1v) is 8.08. The Morgan fingerprint density at radius 2 is 1.55 bits per heavy atom. The van der Waals surface area contributed by atoms with Crippen molar-refractivity contribution in [1.29, 1.82) is 5.26 Å². The molecule has 2 heteroatoms. The highest BCUT2D eigenvalue weighted by Crippen LogP contribution is 2.32. The maximum absolute atomic E-state index is 9.28. The molecule has 0 heterocycles. The van der Waals surface area contributed by atoms with Gasteiger partial charge in [0.15, 0.2) is 0 Å². The number of para-hydroxylation sites is 1. The highest BCUT2D eigenvalue weighted by molar-refractivity contribution is 5.75. The van der Waals surface area contributed by atoms with Crippen molar-refractivity contribution in [2.45, 2.75) is 39.0 Å². The molecule has 0 aliphatic heterocycles.